The van der Waals surface area contributed by atoms with Gasteiger partial charge in [0.15, 0.2) is 0 Å². The van der Waals surface area contributed by atoms with Crippen molar-refractivity contribution < 1.29 is 31.9 Å². The molecule has 0 aliphatic heterocycles. The number of pyridine rings is 1. The van der Waals surface area contributed by atoms with Gasteiger partial charge >= 0.3 is 12.1 Å². The molecular weight excluding hydrogens is 249 g/mol. The molecule has 0 radical (unpaired) electrons. The van der Waals surface area contributed by atoms with Gasteiger partial charge in [0, 0.05) is 0 Å². The first kappa shape index (κ1) is 13.3. The van der Waals surface area contributed by atoms with Crippen molar-refractivity contribution in [2.75, 3.05) is 0 Å². The highest BCUT2D eigenvalue weighted by atomic mass is 19.4. The summed E-state index contributed by atoms with van der Waals surface area (Å²) in [6, 6.07) is 0.173. The predicted octanol–water partition coefficient (Wildman–Crippen LogP) is 3.04. The van der Waals surface area contributed by atoms with Crippen LogP contribution in [-0.2, 0) is 6.18 Å². The molecule has 1 rings (SSSR count). The molecule has 0 atom stereocenters. The highest BCUT2D eigenvalue weighted by Crippen LogP contribution is 2.36. The first-order valence-electron chi connectivity index (χ1n) is 4.24. The Kier molecular flexibility index (Phi) is 3.35. The molecule has 17 heavy (non-hydrogen) atoms. The summed E-state index contributed by atoms with van der Waals surface area (Å²) in [5.74, 6) is -1.65. The van der Waals surface area contributed by atoms with Crippen LogP contribution in [0.2, 0.25) is 0 Å². The second-order valence-electron chi connectivity index (χ2n) is 3.16. The topological polar surface area (TPSA) is 50.2 Å². The van der Waals surface area contributed by atoms with Crippen LogP contribution in [0.4, 0.5) is 22.0 Å². The molecule has 0 aliphatic rings. The van der Waals surface area contributed by atoms with E-state index < -0.39 is 35.4 Å². The lowest BCUT2D eigenvalue weighted by atomic mass is 10.1. The average molecular weight is 255 g/mol. The summed E-state index contributed by atoms with van der Waals surface area (Å²) in [5.41, 5.74) is -4.32. The highest BCUT2D eigenvalue weighted by molar-refractivity contribution is 5.89. The number of alkyl halides is 5. The maximum Gasteiger partial charge on any atom is 0.418 e. The van der Waals surface area contributed by atoms with Crippen molar-refractivity contribution in [3.05, 3.63) is 28.6 Å². The van der Waals surface area contributed by atoms with Crippen molar-refractivity contribution in [2.45, 2.75) is 19.5 Å². The smallest absolute Gasteiger partial charge is 0.418 e. The summed E-state index contributed by atoms with van der Waals surface area (Å²) in [4.78, 5) is 13.6. The number of aromatic carboxylic acids is 1. The molecule has 1 aromatic rings. The fraction of sp³-hybridized carbons (Fsp3) is 0.333. The Hall–Kier alpha value is -1.73. The second kappa shape index (κ2) is 4.27. The lowest BCUT2D eigenvalue weighted by Crippen LogP contribution is -2.15. The number of halogens is 5. The van der Waals surface area contributed by atoms with Gasteiger partial charge < -0.3 is 5.11 Å². The number of carbonyl (C=O) groups is 1. The molecule has 0 fully saturated rings. The van der Waals surface area contributed by atoms with E-state index in [1.54, 1.807) is 0 Å². The standard InChI is InChI=1S/C9H6F5NO2/c1-3-4(8(16)17)2-5(9(12,13)14)6(15-3)7(10)11/h2,7H,1H3,(H,16,17). The van der Waals surface area contributed by atoms with Crippen molar-refractivity contribution >= 4 is 5.97 Å². The Balaban J connectivity index is 3.54. The van der Waals surface area contributed by atoms with Gasteiger partial charge in [-0.1, -0.05) is 0 Å². The number of carboxylic acid groups (broad SMARTS) is 1. The van der Waals surface area contributed by atoms with Gasteiger partial charge in [-0.25, -0.2) is 13.6 Å². The molecule has 0 bridgehead atoms. The molecule has 8 heteroatoms. The van der Waals surface area contributed by atoms with Crippen LogP contribution >= 0.6 is 0 Å². The van der Waals surface area contributed by atoms with Crippen LogP contribution in [0.25, 0.3) is 0 Å². The minimum atomic E-state index is -5.07. The van der Waals surface area contributed by atoms with Crippen LogP contribution in [0.1, 0.15) is 33.7 Å². The van der Waals surface area contributed by atoms with E-state index in [0.717, 1.165) is 6.92 Å². The van der Waals surface area contributed by atoms with Crippen molar-refractivity contribution in [1.82, 2.24) is 4.98 Å². The summed E-state index contributed by atoms with van der Waals surface area (Å²) in [6.07, 6.45) is -8.50. The highest BCUT2D eigenvalue weighted by Gasteiger charge is 2.38. The first-order valence-corrected chi connectivity index (χ1v) is 4.24. The van der Waals surface area contributed by atoms with E-state index in [9.17, 15) is 26.7 Å². The maximum absolute atomic E-state index is 12.4. The second-order valence-corrected chi connectivity index (χ2v) is 3.16. The van der Waals surface area contributed by atoms with E-state index in [-0.39, 0.29) is 11.8 Å². The number of rotatable bonds is 2. The molecule has 0 aromatic carbocycles. The molecule has 1 aromatic heterocycles. The Morgan fingerprint density at radius 1 is 1.41 bits per heavy atom. The first-order chi connectivity index (χ1) is 7.64. The van der Waals surface area contributed by atoms with Crippen molar-refractivity contribution in [2.24, 2.45) is 0 Å². The Morgan fingerprint density at radius 3 is 2.29 bits per heavy atom. The maximum atomic E-state index is 12.4. The zero-order chi connectivity index (χ0) is 13.4. The molecule has 94 valence electrons. The van der Waals surface area contributed by atoms with Crippen LogP contribution in [-0.4, -0.2) is 16.1 Å². The zero-order valence-corrected chi connectivity index (χ0v) is 8.35. The molecular formula is C9H6F5NO2. The van der Waals surface area contributed by atoms with E-state index in [1.165, 1.54) is 0 Å². The SMILES string of the molecule is Cc1nc(C(F)F)c(C(F)(F)F)cc1C(=O)O. The largest absolute Gasteiger partial charge is 0.478 e. The van der Waals surface area contributed by atoms with E-state index in [2.05, 4.69) is 4.98 Å². The fourth-order valence-corrected chi connectivity index (χ4v) is 1.23. The van der Waals surface area contributed by atoms with Gasteiger partial charge in [-0.2, -0.15) is 13.2 Å². The van der Waals surface area contributed by atoms with Crippen LogP contribution in [0.5, 0.6) is 0 Å². The summed E-state index contributed by atoms with van der Waals surface area (Å²) in [6.45, 7) is 1.05. The van der Waals surface area contributed by atoms with Crippen molar-refractivity contribution in [3.8, 4) is 0 Å². The predicted molar refractivity (Wildman–Crippen MR) is 45.9 cm³/mol. The molecule has 0 unspecified atom stereocenters. The third-order valence-electron chi connectivity index (χ3n) is 1.99. The van der Waals surface area contributed by atoms with Crippen molar-refractivity contribution in [3.63, 3.8) is 0 Å². The quantitative estimate of drug-likeness (QED) is 0.826. The van der Waals surface area contributed by atoms with Crippen LogP contribution < -0.4 is 0 Å². The number of aryl methyl sites for hydroxylation is 1. The van der Waals surface area contributed by atoms with E-state index >= 15 is 0 Å². The number of aromatic nitrogens is 1. The summed E-state index contributed by atoms with van der Waals surface area (Å²) in [5, 5.41) is 8.59. The van der Waals surface area contributed by atoms with Crippen LogP contribution in [0.15, 0.2) is 6.07 Å². The van der Waals surface area contributed by atoms with Gasteiger partial charge in [-0.05, 0) is 13.0 Å². The minimum Gasteiger partial charge on any atom is -0.478 e. The molecule has 0 amide bonds. The molecule has 0 saturated heterocycles. The van der Waals surface area contributed by atoms with Gasteiger partial charge in [0.2, 0.25) is 0 Å². The summed E-state index contributed by atoms with van der Waals surface area (Å²) >= 11 is 0. The van der Waals surface area contributed by atoms with Crippen LogP contribution in [0.3, 0.4) is 0 Å². The minimum absolute atomic E-state index is 0.173. The van der Waals surface area contributed by atoms with Gasteiger partial charge in [0.25, 0.3) is 6.43 Å². The van der Waals surface area contributed by atoms with Gasteiger partial charge in [0.1, 0.15) is 5.69 Å². The van der Waals surface area contributed by atoms with E-state index in [1.807, 2.05) is 0 Å². The summed E-state index contributed by atoms with van der Waals surface area (Å²) in [7, 11) is 0. The lowest BCUT2D eigenvalue weighted by molar-refractivity contribution is -0.140. The van der Waals surface area contributed by atoms with E-state index in [0.29, 0.717) is 0 Å². The fourth-order valence-electron chi connectivity index (χ4n) is 1.23. The third kappa shape index (κ3) is 2.69. The summed E-state index contributed by atoms with van der Waals surface area (Å²) < 4.78 is 62.0. The monoisotopic (exact) mass is 255 g/mol. The Bertz CT molecular complexity index is 455. The lowest BCUT2D eigenvalue weighted by Gasteiger charge is -2.13. The Morgan fingerprint density at radius 2 is 1.94 bits per heavy atom. The third-order valence-corrected chi connectivity index (χ3v) is 1.99. The molecule has 0 aliphatic carbocycles. The van der Waals surface area contributed by atoms with Gasteiger partial charge in [-0.15, -0.1) is 0 Å². The van der Waals surface area contributed by atoms with Crippen molar-refractivity contribution in [1.29, 1.82) is 0 Å². The number of hydrogen-bond donors (Lipinski definition) is 1. The normalized spacial score (nSPS) is 11.9. The average Bonchev–Trinajstić information content (AvgIpc) is 2.14. The molecule has 0 saturated carbocycles. The Labute approximate surface area is 91.9 Å². The molecule has 1 N–H and O–H groups in total. The molecule has 0 spiro atoms. The number of nitrogens with zero attached hydrogens (tertiary/aromatic N) is 1. The molecule has 1 heterocycles. The van der Waals surface area contributed by atoms with Gasteiger partial charge in [0.05, 0.1) is 16.8 Å². The number of carboxylic acids is 1. The van der Waals surface area contributed by atoms with E-state index in [4.69, 9.17) is 5.11 Å². The zero-order valence-electron chi connectivity index (χ0n) is 8.35. The van der Waals surface area contributed by atoms with Gasteiger partial charge in [-0.3, -0.25) is 4.98 Å². The number of hydrogen-bond acceptors (Lipinski definition) is 2. The van der Waals surface area contributed by atoms with Crippen LogP contribution in [0, 0.1) is 6.92 Å². The molecule has 3 nitrogen and oxygen atoms in total.